The molecule has 1 saturated heterocycles. The molecule has 1 atom stereocenters. The van der Waals surface area contributed by atoms with Crippen molar-refractivity contribution < 1.29 is 18.0 Å². The summed E-state index contributed by atoms with van der Waals surface area (Å²) in [6, 6.07) is 5.23. The number of rotatable bonds is 5. The fourth-order valence-corrected chi connectivity index (χ4v) is 3.13. The van der Waals surface area contributed by atoms with Crippen molar-refractivity contribution in [2.75, 3.05) is 17.6 Å². The number of carbonyl (C=O) groups excluding carboxylic acids is 1. The van der Waals surface area contributed by atoms with Gasteiger partial charge in [0.25, 0.3) is 0 Å². The number of thioether (sulfide) groups is 1. The highest BCUT2D eigenvalue weighted by Gasteiger charge is 2.28. The van der Waals surface area contributed by atoms with Gasteiger partial charge in [-0.05, 0) is 44.0 Å². The van der Waals surface area contributed by atoms with E-state index in [9.17, 15) is 18.0 Å². The summed E-state index contributed by atoms with van der Waals surface area (Å²) in [7, 11) is 0. The molecule has 0 aromatic heterocycles. The van der Waals surface area contributed by atoms with Crippen LogP contribution in [0.2, 0.25) is 0 Å². The molecule has 1 heterocycles. The van der Waals surface area contributed by atoms with Crippen molar-refractivity contribution in [2.24, 2.45) is 0 Å². The Morgan fingerprint density at radius 2 is 2.23 bits per heavy atom. The second-order valence-electron chi connectivity index (χ2n) is 5.45. The number of aryl methyl sites for hydroxylation is 1. The smallest absolute Gasteiger partial charge is 0.325 e. The topological polar surface area (TPSA) is 41.1 Å². The summed E-state index contributed by atoms with van der Waals surface area (Å²) in [6.07, 6.45) is -1.88. The fraction of sp³-hybridized carbons (Fsp3) is 0.533. The van der Waals surface area contributed by atoms with Crippen LogP contribution in [0.5, 0.6) is 0 Å². The number of benzene rings is 1. The summed E-state index contributed by atoms with van der Waals surface area (Å²) >= 11 is 0.692. The van der Waals surface area contributed by atoms with Crippen LogP contribution in [0.1, 0.15) is 24.8 Å². The lowest BCUT2D eigenvalue weighted by Crippen LogP contribution is -2.27. The molecule has 1 unspecified atom stereocenters. The number of halogens is 3. The minimum absolute atomic E-state index is 0.163. The van der Waals surface area contributed by atoms with Crippen LogP contribution in [0.15, 0.2) is 23.1 Å². The van der Waals surface area contributed by atoms with Gasteiger partial charge in [0, 0.05) is 17.4 Å². The van der Waals surface area contributed by atoms with Crippen molar-refractivity contribution in [3.05, 3.63) is 23.8 Å². The van der Waals surface area contributed by atoms with Gasteiger partial charge in [-0.1, -0.05) is 6.07 Å². The lowest BCUT2D eigenvalue weighted by atomic mass is 10.1. The van der Waals surface area contributed by atoms with Gasteiger partial charge in [0.05, 0.1) is 11.4 Å². The molecular weight excluding hydrogens is 313 g/mol. The van der Waals surface area contributed by atoms with Gasteiger partial charge in [-0.3, -0.25) is 4.79 Å². The van der Waals surface area contributed by atoms with Gasteiger partial charge in [0.1, 0.15) is 0 Å². The Hall–Kier alpha value is -1.21. The van der Waals surface area contributed by atoms with Gasteiger partial charge in [0.15, 0.2) is 0 Å². The molecule has 1 aliphatic heterocycles. The number of amides is 1. The lowest BCUT2D eigenvalue weighted by Gasteiger charge is -2.14. The second kappa shape index (κ2) is 7.37. The molecule has 0 spiro atoms. The Balaban J connectivity index is 2.01. The van der Waals surface area contributed by atoms with Crippen LogP contribution in [0.3, 0.4) is 0 Å². The maximum absolute atomic E-state index is 12.4. The molecule has 1 aromatic carbocycles. The third-order valence-corrected chi connectivity index (χ3v) is 4.53. The number of hydrogen-bond acceptors (Lipinski definition) is 3. The van der Waals surface area contributed by atoms with Gasteiger partial charge in [0.2, 0.25) is 5.91 Å². The van der Waals surface area contributed by atoms with Crippen molar-refractivity contribution in [3.63, 3.8) is 0 Å². The van der Waals surface area contributed by atoms with E-state index >= 15 is 0 Å². The highest BCUT2D eigenvalue weighted by molar-refractivity contribution is 7.99. The third kappa shape index (κ3) is 5.53. The van der Waals surface area contributed by atoms with E-state index in [0.717, 1.165) is 24.9 Å². The normalized spacial score (nSPS) is 18.5. The first-order chi connectivity index (χ1) is 10.3. The first-order valence-corrected chi connectivity index (χ1v) is 8.15. The van der Waals surface area contributed by atoms with E-state index in [0.29, 0.717) is 28.8 Å². The average molecular weight is 332 g/mol. The van der Waals surface area contributed by atoms with Crippen LogP contribution in [0, 0.1) is 6.92 Å². The van der Waals surface area contributed by atoms with Crippen molar-refractivity contribution in [1.29, 1.82) is 0 Å². The minimum Gasteiger partial charge on any atom is -0.325 e. The Morgan fingerprint density at radius 3 is 2.86 bits per heavy atom. The van der Waals surface area contributed by atoms with Crippen LogP contribution in [-0.2, 0) is 4.79 Å². The van der Waals surface area contributed by atoms with E-state index in [2.05, 4.69) is 10.6 Å². The van der Waals surface area contributed by atoms with Crippen LogP contribution >= 0.6 is 11.8 Å². The number of alkyl halides is 3. The van der Waals surface area contributed by atoms with Crippen LogP contribution in [-0.4, -0.2) is 30.4 Å². The molecule has 1 aliphatic rings. The molecule has 22 heavy (non-hydrogen) atoms. The Bertz CT molecular complexity index is 528. The van der Waals surface area contributed by atoms with Gasteiger partial charge >= 0.3 is 6.18 Å². The first-order valence-electron chi connectivity index (χ1n) is 7.17. The van der Waals surface area contributed by atoms with Gasteiger partial charge in [-0.25, -0.2) is 0 Å². The van der Waals surface area contributed by atoms with Crippen molar-refractivity contribution in [1.82, 2.24) is 5.32 Å². The van der Waals surface area contributed by atoms with E-state index < -0.39 is 11.9 Å². The van der Waals surface area contributed by atoms with Crippen LogP contribution in [0.25, 0.3) is 0 Å². The van der Waals surface area contributed by atoms with E-state index in [1.54, 1.807) is 18.2 Å². The Morgan fingerprint density at radius 1 is 1.45 bits per heavy atom. The maximum Gasteiger partial charge on any atom is 0.398 e. The zero-order valence-corrected chi connectivity index (χ0v) is 13.1. The number of carbonyl (C=O) groups is 1. The molecular formula is C15H19F3N2OS. The molecule has 1 amide bonds. The number of hydrogen-bond donors (Lipinski definition) is 2. The van der Waals surface area contributed by atoms with E-state index in [1.807, 2.05) is 6.92 Å². The van der Waals surface area contributed by atoms with Gasteiger partial charge in [-0.15, -0.1) is 11.8 Å². The molecule has 7 heteroatoms. The van der Waals surface area contributed by atoms with E-state index in [1.165, 1.54) is 0 Å². The Kier molecular flexibility index (Phi) is 5.74. The highest BCUT2D eigenvalue weighted by atomic mass is 32.2. The SMILES string of the molecule is Cc1ccc(SCC(F)(F)F)c(NC(=O)CC2CCCN2)c1. The molecule has 1 aromatic rings. The Labute approximate surface area is 132 Å². The standard InChI is InChI=1S/C15H19F3N2OS/c1-10-4-5-13(22-9-15(16,17)18)12(7-10)20-14(21)8-11-3-2-6-19-11/h4-5,7,11,19H,2-3,6,8-9H2,1H3,(H,20,21). The van der Waals surface area contributed by atoms with E-state index in [4.69, 9.17) is 0 Å². The lowest BCUT2D eigenvalue weighted by molar-refractivity contribution is -0.116. The predicted molar refractivity (Wildman–Crippen MR) is 82.2 cm³/mol. The monoisotopic (exact) mass is 332 g/mol. The van der Waals surface area contributed by atoms with Crippen molar-refractivity contribution >= 4 is 23.4 Å². The quantitative estimate of drug-likeness (QED) is 0.807. The summed E-state index contributed by atoms with van der Waals surface area (Å²) in [5, 5.41) is 5.98. The third-order valence-electron chi connectivity index (χ3n) is 3.39. The average Bonchev–Trinajstić information content (AvgIpc) is 2.89. The van der Waals surface area contributed by atoms with E-state index in [-0.39, 0.29) is 11.9 Å². The van der Waals surface area contributed by atoms with Crippen molar-refractivity contribution in [2.45, 2.75) is 43.3 Å². The summed E-state index contributed by atoms with van der Waals surface area (Å²) in [5.74, 6) is -1.14. The molecule has 0 radical (unpaired) electrons. The van der Waals surface area contributed by atoms with Gasteiger partial charge in [-0.2, -0.15) is 13.2 Å². The molecule has 0 aliphatic carbocycles. The summed E-state index contributed by atoms with van der Waals surface area (Å²) < 4.78 is 37.1. The molecule has 2 rings (SSSR count). The summed E-state index contributed by atoms with van der Waals surface area (Å²) in [6.45, 7) is 2.75. The van der Waals surface area contributed by atoms with Crippen LogP contribution in [0.4, 0.5) is 18.9 Å². The first kappa shape index (κ1) is 17.1. The van der Waals surface area contributed by atoms with Crippen LogP contribution < -0.4 is 10.6 Å². The maximum atomic E-state index is 12.4. The highest BCUT2D eigenvalue weighted by Crippen LogP contribution is 2.33. The number of nitrogens with one attached hydrogen (secondary N) is 2. The minimum atomic E-state index is -4.23. The molecule has 2 N–H and O–H groups in total. The molecule has 0 saturated carbocycles. The second-order valence-corrected chi connectivity index (χ2v) is 6.47. The molecule has 1 fully saturated rings. The zero-order valence-electron chi connectivity index (χ0n) is 12.3. The summed E-state index contributed by atoms with van der Waals surface area (Å²) in [4.78, 5) is 12.5. The number of anilines is 1. The molecule has 3 nitrogen and oxygen atoms in total. The largest absolute Gasteiger partial charge is 0.398 e. The molecule has 122 valence electrons. The zero-order chi connectivity index (χ0) is 16.2. The summed E-state index contributed by atoms with van der Waals surface area (Å²) in [5.41, 5.74) is 1.35. The van der Waals surface area contributed by atoms with Crippen molar-refractivity contribution in [3.8, 4) is 0 Å². The fourth-order valence-electron chi connectivity index (χ4n) is 2.38. The van der Waals surface area contributed by atoms with Gasteiger partial charge < -0.3 is 10.6 Å². The molecule has 0 bridgehead atoms. The predicted octanol–water partition coefficient (Wildman–Crippen LogP) is 3.73.